The van der Waals surface area contributed by atoms with Gasteiger partial charge in [0.05, 0.1) is 5.75 Å². The van der Waals surface area contributed by atoms with E-state index in [0.29, 0.717) is 17.6 Å². The topological polar surface area (TPSA) is 68.1 Å². The summed E-state index contributed by atoms with van der Waals surface area (Å²) in [6.07, 6.45) is 0. The molecule has 0 saturated carbocycles. The monoisotopic (exact) mass is 350 g/mol. The highest BCUT2D eigenvalue weighted by Crippen LogP contribution is 2.36. The van der Waals surface area contributed by atoms with E-state index in [1.165, 1.54) is 22.9 Å². The van der Waals surface area contributed by atoms with Gasteiger partial charge in [0.15, 0.2) is 0 Å². The summed E-state index contributed by atoms with van der Waals surface area (Å²) in [7, 11) is 0. The fraction of sp³-hybridized carbons (Fsp3) is 0.556. The van der Waals surface area contributed by atoms with E-state index in [-0.39, 0.29) is 10.8 Å². The quantitative estimate of drug-likeness (QED) is 0.646. The number of aromatic amines is 1. The second-order valence-corrected chi connectivity index (χ2v) is 8.76. The lowest BCUT2D eigenvalue weighted by molar-refractivity contribution is 0.389. The molecule has 24 heavy (non-hydrogen) atoms. The predicted molar refractivity (Wildman–Crippen MR) is 97.8 cm³/mol. The van der Waals surface area contributed by atoms with Crippen LogP contribution < -0.4 is 10.5 Å². The highest BCUT2D eigenvalue weighted by molar-refractivity contribution is 7.98. The highest BCUT2D eigenvalue weighted by atomic mass is 32.2. The van der Waals surface area contributed by atoms with Crippen LogP contribution in [0.4, 0.5) is 0 Å². The second kappa shape index (κ2) is 7.05. The molecule has 6 heteroatoms. The largest absolute Gasteiger partial charge is 0.483 e. The van der Waals surface area contributed by atoms with Crippen molar-refractivity contribution in [2.45, 2.75) is 58.1 Å². The number of hydrogen-bond donors (Lipinski definition) is 1. The van der Waals surface area contributed by atoms with Gasteiger partial charge in [-0.3, -0.25) is 0 Å². The zero-order valence-corrected chi connectivity index (χ0v) is 16.0. The van der Waals surface area contributed by atoms with Crippen molar-refractivity contribution in [1.82, 2.24) is 10.2 Å². The van der Waals surface area contributed by atoms with E-state index >= 15 is 0 Å². The third-order valence-electron chi connectivity index (χ3n) is 3.62. The molecule has 132 valence electrons. The number of benzene rings is 1. The van der Waals surface area contributed by atoms with Crippen molar-refractivity contribution in [1.29, 1.82) is 0 Å². The number of H-pyrrole nitrogens is 1. The molecule has 0 unspecified atom stereocenters. The average Bonchev–Trinajstić information content (AvgIpc) is 2.87. The van der Waals surface area contributed by atoms with Crippen molar-refractivity contribution in [3.8, 4) is 5.75 Å². The first-order valence-corrected chi connectivity index (χ1v) is 9.13. The van der Waals surface area contributed by atoms with Crippen molar-refractivity contribution in [2.75, 3.05) is 5.94 Å². The molecular weight excluding hydrogens is 324 g/mol. The maximum Gasteiger partial charge on any atom is 0.434 e. The van der Waals surface area contributed by atoms with E-state index in [0.717, 1.165) is 5.75 Å². The Balaban J connectivity index is 2.04. The van der Waals surface area contributed by atoms with Crippen molar-refractivity contribution in [3.63, 3.8) is 0 Å². The third kappa shape index (κ3) is 4.90. The summed E-state index contributed by atoms with van der Waals surface area (Å²) in [6, 6.07) is 6.31. The molecule has 0 saturated heterocycles. The van der Waals surface area contributed by atoms with Crippen LogP contribution >= 0.6 is 11.8 Å². The first kappa shape index (κ1) is 18.6. The highest BCUT2D eigenvalue weighted by Gasteiger charge is 2.25. The van der Waals surface area contributed by atoms with Crippen LogP contribution in [0.1, 0.15) is 58.6 Å². The third-order valence-corrected chi connectivity index (χ3v) is 4.36. The van der Waals surface area contributed by atoms with Gasteiger partial charge < -0.3 is 9.15 Å². The van der Waals surface area contributed by atoms with E-state index in [1.807, 2.05) is 6.07 Å². The van der Waals surface area contributed by atoms with Crippen molar-refractivity contribution < 1.29 is 9.15 Å². The van der Waals surface area contributed by atoms with Crippen LogP contribution in [-0.4, -0.2) is 16.1 Å². The minimum atomic E-state index is -0.529. The molecule has 1 aromatic carbocycles. The molecule has 0 aliphatic carbocycles. The number of ether oxygens (including phenoxy) is 1. The normalized spacial score (nSPS) is 12.4. The zero-order chi connectivity index (χ0) is 18.0. The summed E-state index contributed by atoms with van der Waals surface area (Å²) in [5, 5.41) is 6.01. The first-order chi connectivity index (χ1) is 11.1. The van der Waals surface area contributed by atoms with Crippen LogP contribution in [0, 0.1) is 0 Å². The number of aromatic nitrogens is 2. The summed E-state index contributed by atoms with van der Waals surface area (Å²) in [5.74, 6) is 1.66. The molecule has 2 rings (SSSR count). The summed E-state index contributed by atoms with van der Waals surface area (Å²) in [4.78, 5) is 10.9. The number of rotatable bonds is 5. The molecule has 0 aliphatic heterocycles. The average molecular weight is 350 g/mol. The lowest BCUT2D eigenvalue weighted by Crippen LogP contribution is -2.22. The van der Waals surface area contributed by atoms with Crippen LogP contribution in [-0.2, 0) is 16.6 Å². The standard InChI is InChI=1S/C18H26N2O3S/c1-17(2,3)13-8-7-12(9-14(13)18(4,5)6)22-11-24-10-15-19-20-16(21)23-15/h7-9H,10-11H2,1-6H3,(H,20,21). The van der Waals surface area contributed by atoms with E-state index < -0.39 is 5.76 Å². The van der Waals surface area contributed by atoms with Gasteiger partial charge >= 0.3 is 5.76 Å². The lowest BCUT2D eigenvalue weighted by atomic mass is 9.75. The maximum absolute atomic E-state index is 10.9. The van der Waals surface area contributed by atoms with Gasteiger partial charge in [-0.25, -0.2) is 9.89 Å². The number of hydrogen-bond acceptors (Lipinski definition) is 5. The van der Waals surface area contributed by atoms with E-state index in [2.05, 4.69) is 63.9 Å². The minimum absolute atomic E-state index is 0.0492. The molecule has 1 aromatic heterocycles. The molecule has 0 fully saturated rings. The number of nitrogens with one attached hydrogen (secondary N) is 1. The SMILES string of the molecule is CC(C)(C)c1ccc(OCSCc2n[nH]c(=O)o2)cc1C(C)(C)C. The Morgan fingerprint density at radius 1 is 1.12 bits per heavy atom. The maximum atomic E-state index is 10.9. The van der Waals surface area contributed by atoms with Crippen LogP contribution in [0.15, 0.2) is 27.4 Å². The molecule has 1 heterocycles. The van der Waals surface area contributed by atoms with Crippen molar-refractivity contribution in [3.05, 3.63) is 45.8 Å². The Labute approximate surface area is 147 Å². The zero-order valence-electron chi connectivity index (χ0n) is 15.2. The molecule has 5 nitrogen and oxygen atoms in total. The molecular formula is C18H26N2O3S. The van der Waals surface area contributed by atoms with Gasteiger partial charge in [0, 0.05) is 0 Å². The fourth-order valence-electron chi connectivity index (χ4n) is 2.45. The summed E-state index contributed by atoms with van der Waals surface area (Å²) in [6.45, 7) is 13.3. The van der Waals surface area contributed by atoms with Crippen LogP contribution in [0.5, 0.6) is 5.75 Å². The number of thioether (sulfide) groups is 1. The van der Waals surface area contributed by atoms with E-state index in [1.54, 1.807) is 0 Å². The van der Waals surface area contributed by atoms with Gasteiger partial charge in [0.1, 0.15) is 11.7 Å². The summed E-state index contributed by atoms with van der Waals surface area (Å²) < 4.78 is 10.7. The molecule has 0 amide bonds. The molecule has 0 atom stereocenters. The predicted octanol–water partition coefficient (Wildman–Crippen LogP) is 4.23. The molecule has 0 bridgehead atoms. The summed E-state index contributed by atoms with van der Waals surface area (Å²) >= 11 is 1.50. The minimum Gasteiger partial charge on any atom is -0.483 e. The van der Waals surface area contributed by atoms with Crippen LogP contribution in [0.3, 0.4) is 0 Å². The second-order valence-electron chi connectivity index (χ2n) is 7.82. The molecule has 0 spiro atoms. The van der Waals surface area contributed by atoms with Crippen molar-refractivity contribution in [2.24, 2.45) is 0 Å². The Hall–Kier alpha value is -1.69. The van der Waals surface area contributed by atoms with Crippen molar-refractivity contribution >= 4 is 11.8 Å². The fourth-order valence-corrected chi connectivity index (χ4v) is 3.05. The molecule has 0 radical (unpaired) electrons. The smallest absolute Gasteiger partial charge is 0.434 e. The Bertz CT molecular complexity index is 736. The molecule has 0 aliphatic rings. The van der Waals surface area contributed by atoms with Crippen LogP contribution in [0.2, 0.25) is 0 Å². The van der Waals surface area contributed by atoms with Crippen LogP contribution in [0.25, 0.3) is 0 Å². The Morgan fingerprint density at radius 3 is 2.33 bits per heavy atom. The Kier molecular flexibility index (Phi) is 5.48. The first-order valence-electron chi connectivity index (χ1n) is 7.97. The number of nitrogens with zero attached hydrogens (tertiary/aromatic N) is 1. The van der Waals surface area contributed by atoms with Gasteiger partial charge in [-0.2, -0.15) is 0 Å². The lowest BCUT2D eigenvalue weighted by Gasteiger charge is -2.30. The van der Waals surface area contributed by atoms with Gasteiger partial charge in [-0.05, 0) is 34.1 Å². The summed E-state index contributed by atoms with van der Waals surface area (Å²) in [5.41, 5.74) is 2.78. The molecule has 2 aromatic rings. The van der Waals surface area contributed by atoms with Gasteiger partial charge in [0.25, 0.3) is 0 Å². The van der Waals surface area contributed by atoms with Gasteiger partial charge in [0.2, 0.25) is 5.89 Å². The molecule has 1 N–H and O–H groups in total. The Morgan fingerprint density at radius 2 is 1.79 bits per heavy atom. The van der Waals surface area contributed by atoms with Gasteiger partial charge in [-0.15, -0.1) is 16.9 Å². The van der Waals surface area contributed by atoms with E-state index in [4.69, 9.17) is 9.15 Å². The van der Waals surface area contributed by atoms with Gasteiger partial charge in [-0.1, -0.05) is 47.6 Å². The van der Waals surface area contributed by atoms with E-state index in [9.17, 15) is 4.79 Å².